The zero-order chi connectivity index (χ0) is 25.2. The van der Waals surface area contributed by atoms with Crippen LogP contribution in [0.15, 0.2) is 72.8 Å². The Morgan fingerprint density at radius 1 is 0.857 bits per heavy atom. The number of rotatable bonds is 11. The molecule has 184 valence electrons. The summed E-state index contributed by atoms with van der Waals surface area (Å²) < 4.78 is 16.4. The first-order valence-corrected chi connectivity index (χ1v) is 11.4. The van der Waals surface area contributed by atoms with E-state index in [0.29, 0.717) is 23.7 Å². The molecule has 35 heavy (non-hydrogen) atoms. The van der Waals surface area contributed by atoms with Gasteiger partial charge in [-0.15, -0.1) is 0 Å². The number of methoxy groups -OCH3 is 2. The first-order chi connectivity index (χ1) is 16.9. The van der Waals surface area contributed by atoms with E-state index >= 15 is 0 Å². The first-order valence-electron chi connectivity index (χ1n) is 11.4. The van der Waals surface area contributed by atoms with Gasteiger partial charge in [0.05, 0.1) is 14.2 Å². The number of likely N-dealkylation sites (N-methyl/N-ethyl adjacent to an activating group) is 1. The Hall–Kier alpha value is -4.00. The number of nitrogens with one attached hydrogen (secondary N) is 1. The van der Waals surface area contributed by atoms with Crippen molar-refractivity contribution in [2.24, 2.45) is 0 Å². The zero-order valence-electron chi connectivity index (χ0n) is 20.6. The van der Waals surface area contributed by atoms with Crippen molar-refractivity contribution < 1.29 is 23.8 Å². The molecule has 3 aromatic rings. The van der Waals surface area contributed by atoms with Crippen LogP contribution in [0.25, 0.3) is 0 Å². The highest BCUT2D eigenvalue weighted by Gasteiger charge is 2.30. The SMILES string of the molecule is CNC(=O)C(Cc1ccccc1)N(Cc1cccc(C)c1)C(=O)COc1cc(OC)cc(OC)c1. The predicted octanol–water partition coefficient (Wildman–Crippen LogP) is 3.78. The third kappa shape index (κ3) is 7.24. The summed E-state index contributed by atoms with van der Waals surface area (Å²) in [7, 11) is 4.67. The van der Waals surface area contributed by atoms with Gasteiger partial charge in [-0.25, -0.2) is 0 Å². The monoisotopic (exact) mass is 476 g/mol. The number of ether oxygens (including phenoxy) is 3. The minimum absolute atomic E-state index is 0.238. The number of hydrogen-bond acceptors (Lipinski definition) is 5. The molecule has 3 rings (SSSR count). The summed E-state index contributed by atoms with van der Waals surface area (Å²) in [4.78, 5) is 28.1. The van der Waals surface area contributed by atoms with Crippen molar-refractivity contribution >= 4 is 11.8 Å². The van der Waals surface area contributed by atoms with Crippen molar-refractivity contribution in [1.82, 2.24) is 10.2 Å². The molecule has 1 unspecified atom stereocenters. The number of benzene rings is 3. The van der Waals surface area contributed by atoms with E-state index in [9.17, 15) is 9.59 Å². The lowest BCUT2D eigenvalue weighted by atomic mass is 10.0. The molecule has 0 saturated heterocycles. The quantitative estimate of drug-likeness (QED) is 0.456. The van der Waals surface area contributed by atoms with E-state index < -0.39 is 6.04 Å². The van der Waals surface area contributed by atoms with E-state index in [1.165, 1.54) is 0 Å². The predicted molar refractivity (Wildman–Crippen MR) is 135 cm³/mol. The van der Waals surface area contributed by atoms with Crippen LogP contribution in [-0.2, 0) is 22.6 Å². The maximum absolute atomic E-state index is 13.5. The molecule has 2 amide bonds. The van der Waals surface area contributed by atoms with Gasteiger partial charge in [-0.2, -0.15) is 0 Å². The maximum Gasteiger partial charge on any atom is 0.261 e. The Morgan fingerprint density at radius 2 is 1.49 bits per heavy atom. The average molecular weight is 477 g/mol. The maximum atomic E-state index is 13.5. The van der Waals surface area contributed by atoms with Crippen LogP contribution in [0.3, 0.4) is 0 Å². The molecule has 3 aromatic carbocycles. The second kappa shape index (κ2) is 12.5. The molecule has 0 fully saturated rings. The Bertz CT molecular complexity index is 1110. The highest BCUT2D eigenvalue weighted by atomic mass is 16.5. The summed E-state index contributed by atoms with van der Waals surface area (Å²) in [5.41, 5.74) is 2.97. The zero-order valence-corrected chi connectivity index (χ0v) is 20.6. The van der Waals surface area contributed by atoms with Gasteiger partial charge in [0.15, 0.2) is 6.61 Å². The van der Waals surface area contributed by atoms with Crippen LogP contribution >= 0.6 is 0 Å². The summed E-state index contributed by atoms with van der Waals surface area (Å²) in [6.07, 6.45) is 0.380. The van der Waals surface area contributed by atoms with Gasteiger partial charge in [0.1, 0.15) is 23.3 Å². The summed E-state index contributed by atoms with van der Waals surface area (Å²) in [6, 6.07) is 21.9. The fourth-order valence-electron chi connectivity index (χ4n) is 3.82. The lowest BCUT2D eigenvalue weighted by Gasteiger charge is -2.31. The second-order valence-electron chi connectivity index (χ2n) is 8.17. The lowest BCUT2D eigenvalue weighted by Crippen LogP contribution is -2.51. The van der Waals surface area contributed by atoms with E-state index in [1.807, 2.05) is 61.5 Å². The van der Waals surface area contributed by atoms with Gasteiger partial charge in [-0.05, 0) is 18.1 Å². The van der Waals surface area contributed by atoms with Gasteiger partial charge in [0.2, 0.25) is 5.91 Å². The van der Waals surface area contributed by atoms with Crippen molar-refractivity contribution in [2.45, 2.75) is 25.9 Å². The van der Waals surface area contributed by atoms with E-state index in [-0.39, 0.29) is 25.0 Å². The molecule has 0 bridgehead atoms. The molecule has 0 spiro atoms. The van der Waals surface area contributed by atoms with Crippen LogP contribution < -0.4 is 19.5 Å². The Kier molecular flexibility index (Phi) is 9.12. The molecule has 0 aliphatic carbocycles. The normalized spacial score (nSPS) is 11.3. The Labute approximate surface area is 206 Å². The molecule has 1 N–H and O–H groups in total. The summed E-state index contributed by atoms with van der Waals surface area (Å²) in [6.45, 7) is 2.02. The minimum Gasteiger partial charge on any atom is -0.496 e. The molecular weight excluding hydrogens is 444 g/mol. The average Bonchev–Trinajstić information content (AvgIpc) is 2.89. The van der Waals surface area contributed by atoms with Crippen molar-refractivity contribution in [1.29, 1.82) is 0 Å². The molecular formula is C28H32N2O5. The smallest absolute Gasteiger partial charge is 0.261 e. The number of aryl methyl sites for hydroxylation is 1. The van der Waals surface area contributed by atoms with Crippen LogP contribution in [0.4, 0.5) is 0 Å². The van der Waals surface area contributed by atoms with Crippen LogP contribution in [0.5, 0.6) is 17.2 Å². The van der Waals surface area contributed by atoms with Crippen LogP contribution in [-0.4, -0.2) is 50.6 Å². The van der Waals surface area contributed by atoms with Crippen molar-refractivity contribution in [3.8, 4) is 17.2 Å². The standard InChI is InChI=1S/C28H32N2O5/c1-20-9-8-12-22(13-20)18-30(26(28(32)29-2)14-21-10-6-5-7-11-21)27(31)19-35-25-16-23(33-3)15-24(17-25)34-4/h5-13,15-17,26H,14,18-19H2,1-4H3,(H,29,32). The number of nitrogens with zero attached hydrogens (tertiary/aromatic N) is 1. The fourth-order valence-corrected chi connectivity index (χ4v) is 3.82. The molecule has 0 aliphatic rings. The molecule has 0 heterocycles. The number of amides is 2. The first kappa shape index (κ1) is 25.6. The summed E-state index contributed by atoms with van der Waals surface area (Å²) >= 11 is 0. The third-order valence-corrected chi connectivity index (χ3v) is 5.64. The highest BCUT2D eigenvalue weighted by molar-refractivity contribution is 5.88. The molecule has 1 atom stereocenters. The van der Waals surface area contributed by atoms with Crippen LogP contribution in [0, 0.1) is 6.92 Å². The van der Waals surface area contributed by atoms with Gasteiger partial charge >= 0.3 is 0 Å². The van der Waals surface area contributed by atoms with Gasteiger partial charge in [0.25, 0.3) is 5.91 Å². The number of hydrogen-bond donors (Lipinski definition) is 1. The van der Waals surface area contributed by atoms with Gasteiger partial charge in [-0.3, -0.25) is 9.59 Å². The number of carbonyl (C=O) groups is 2. The van der Waals surface area contributed by atoms with E-state index in [1.54, 1.807) is 44.4 Å². The van der Waals surface area contributed by atoms with Gasteiger partial charge in [-0.1, -0.05) is 60.2 Å². The lowest BCUT2D eigenvalue weighted by molar-refractivity contribution is -0.142. The second-order valence-corrected chi connectivity index (χ2v) is 8.17. The van der Waals surface area contributed by atoms with Crippen molar-refractivity contribution in [3.05, 3.63) is 89.5 Å². The van der Waals surface area contributed by atoms with Crippen molar-refractivity contribution in [3.63, 3.8) is 0 Å². The van der Waals surface area contributed by atoms with E-state index in [0.717, 1.165) is 16.7 Å². The Morgan fingerprint density at radius 3 is 2.09 bits per heavy atom. The largest absolute Gasteiger partial charge is 0.496 e. The minimum atomic E-state index is -0.709. The highest BCUT2D eigenvalue weighted by Crippen LogP contribution is 2.27. The van der Waals surface area contributed by atoms with Gasteiger partial charge < -0.3 is 24.4 Å². The van der Waals surface area contributed by atoms with E-state index in [2.05, 4.69) is 5.32 Å². The van der Waals surface area contributed by atoms with Gasteiger partial charge in [0, 0.05) is 38.2 Å². The van der Waals surface area contributed by atoms with Crippen LogP contribution in [0.2, 0.25) is 0 Å². The van der Waals surface area contributed by atoms with Crippen LogP contribution in [0.1, 0.15) is 16.7 Å². The molecule has 0 saturated carbocycles. The third-order valence-electron chi connectivity index (χ3n) is 5.64. The molecule has 0 aliphatic heterocycles. The molecule has 0 radical (unpaired) electrons. The topological polar surface area (TPSA) is 77.1 Å². The fraction of sp³-hybridized carbons (Fsp3) is 0.286. The summed E-state index contributed by atoms with van der Waals surface area (Å²) in [5.74, 6) is 0.992. The Balaban J connectivity index is 1.88. The van der Waals surface area contributed by atoms with Crippen molar-refractivity contribution in [2.75, 3.05) is 27.9 Å². The molecule has 0 aromatic heterocycles. The molecule has 7 nitrogen and oxygen atoms in total. The summed E-state index contributed by atoms with van der Waals surface area (Å²) in [5, 5.41) is 2.72. The van der Waals surface area contributed by atoms with E-state index in [4.69, 9.17) is 14.2 Å². The number of carbonyl (C=O) groups excluding carboxylic acids is 2. The molecule has 7 heteroatoms.